The van der Waals surface area contributed by atoms with E-state index in [1.54, 1.807) is 22.2 Å². The van der Waals surface area contributed by atoms with Crippen molar-refractivity contribution in [2.24, 2.45) is 0 Å². The predicted octanol–water partition coefficient (Wildman–Crippen LogP) is 3.04. The number of hydrogen-bond acceptors (Lipinski definition) is 5. The first kappa shape index (κ1) is 19.1. The summed E-state index contributed by atoms with van der Waals surface area (Å²) in [5.41, 5.74) is 1.12. The molecule has 0 spiro atoms. The Balaban J connectivity index is 1.34. The van der Waals surface area contributed by atoms with Gasteiger partial charge in [0.2, 0.25) is 0 Å². The van der Waals surface area contributed by atoms with Gasteiger partial charge in [-0.15, -0.1) is 11.3 Å². The van der Waals surface area contributed by atoms with Crippen LogP contribution in [0.15, 0.2) is 11.1 Å². The van der Waals surface area contributed by atoms with Gasteiger partial charge in [0.1, 0.15) is 4.83 Å². The van der Waals surface area contributed by atoms with Crippen LogP contribution in [0.2, 0.25) is 0 Å². The molecule has 0 bridgehead atoms. The number of hydrogen-bond donors (Lipinski definition) is 1. The molecule has 2 aliphatic heterocycles. The Hall–Kier alpha value is -1.93. The molecule has 2 aromatic rings. The van der Waals surface area contributed by atoms with Crippen molar-refractivity contribution in [1.82, 2.24) is 19.8 Å². The molecule has 7 nitrogen and oxygen atoms in total. The van der Waals surface area contributed by atoms with Gasteiger partial charge in [-0.05, 0) is 37.7 Å². The molecule has 156 valence electrons. The molecule has 0 unspecified atom stereocenters. The summed E-state index contributed by atoms with van der Waals surface area (Å²) in [6, 6.07) is 0.343. The minimum Gasteiger partial charge on any atom is -0.376 e. The summed E-state index contributed by atoms with van der Waals surface area (Å²) in [6.45, 7) is 2.57. The van der Waals surface area contributed by atoms with Gasteiger partial charge in [0, 0.05) is 24.1 Å². The fourth-order valence-corrected chi connectivity index (χ4v) is 6.04. The lowest BCUT2D eigenvalue weighted by atomic mass is 9.96. The van der Waals surface area contributed by atoms with Crippen molar-refractivity contribution in [3.63, 3.8) is 0 Å². The van der Waals surface area contributed by atoms with Crippen LogP contribution >= 0.6 is 11.3 Å². The zero-order valence-corrected chi connectivity index (χ0v) is 17.5. The Kier molecular flexibility index (Phi) is 5.30. The van der Waals surface area contributed by atoms with Gasteiger partial charge in [-0.25, -0.2) is 9.78 Å². The Morgan fingerprint density at radius 3 is 2.90 bits per heavy atom. The zero-order chi connectivity index (χ0) is 19.8. The molecule has 2 fully saturated rings. The molecule has 0 aromatic carbocycles. The lowest BCUT2D eigenvalue weighted by Gasteiger charge is -2.30. The summed E-state index contributed by atoms with van der Waals surface area (Å²) in [4.78, 5) is 34.2. The number of carbonyl (C=O) groups is 1. The third-order valence-electron chi connectivity index (χ3n) is 6.47. The van der Waals surface area contributed by atoms with Gasteiger partial charge in [0.15, 0.2) is 0 Å². The molecule has 5 rings (SSSR count). The van der Waals surface area contributed by atoms with Crippen molar-refractivity contribution in [3.05, 3.63) is 27.1 Å². The summed E-state index contributed by atoms with van der Waals surface area (Å²) in [5, 5.41) is 3.96. The van der Waals surface area contributed by atoms with E-state index in [-0.39, 0.29) is 17.7 Å². The van der Waals surface area contributed by atoms with Crippen molar-refractivity contribution in [3.8, 4) is 0 Å². The number of urea groups is 1. The van der Waals surface area contributed by atoms with Crippen LogP contribution in [0.25, 0.3) is 10.2 Å². The van der Waals surface area contributed by atoms with Crippen LogP contribution in [0.5, 0.6) is 0 Å². The van der Waals surface area contributed by atoms with E-state index in [2.05, 4.69) is 10.3 Å². The summed E-state index contributed by atoms with van der Waals surface area (Å²) in [5.74, 6) is 0. The highest BCUT2D eigenvalue weighted by Crippen LogP contribution is 2.32. The summed E-state index contributed by atoms with van der Waals surface area (Å²) < 4.78 is 7.39. The Bertz CT molecular complexity index is 957. The van der Waals surface area contributed by atoms with Crippen LogP contribution in [0.4, 0.5) is 4.79 Å². The van der Waals surface area contributed by atoms with E-state index in [4.69, 9.17) is 4.74 Å². The van der Waals surface area contributed by atoms with Gasteiger partial charge in [-0.2, -0.15) is 0 Å². The molecule has 1 saturated heterocycles. The lowest BCUT2D eigenvalue weighted by Crippen LogP contribution is -2.47. The van der Waals surface area contributed by atoms with E-state index in [0.717, 1.165) is 52.9 Å². The second-order valence-electron chi connectivity index (χ2n) is 8.48. The molecule has 1 aliphatic carbocycles. The van der Waals surface area contributed by atoms with Gasteiger partial charge in [0.25, 0.3) is 5.56 Å². The topological polar surface area (TPSA) is 76.5 Å². The van der Waals surface area contributed by atoms with Crippen molar-refractivity contribution >= 4 is 27.6 Å². The quantitative estimate of drug-likeness (QED) is 0.834. The molecular formula is C21H28N4O3S. The zero-order valence-electron chi connectivity index (χ0n) is 16.7. The maximum atomic E-state index is 13.1. The van der Waals surface area contributed by atoms with E-state index < -0.39 is 0 Å². The maximum Gasteiger partial charge on any atom is 0.317 e. The molecule has 29 heavy (non-hydrogen) atoms. The molecular weight excluding hydrogens is 388 g/mol. The molecule has 2 aromatic heterocycles. The van der Waals surface area contributed by atoms with Crippen LogP contribution in [0, 0.1) is 0 Å². The van der Waals surface area contributed by atoms with Gasteiger partial charge < -0.3 is 15.0 Å². The third kappa shape index (κ3) is 3.80. The monoisotopic (exact) mass is 416 g/mol. The fraction of sp³-hybridized carbons (Fsp3) is 0.667. The van der Waals surface area contributed by atoms with Gasteiger partial charge in [-0.3, -0.25) is 9.36 Å². The second-order valence-corrected chi connectivity index (χ2v) is 9.56. The minimum atomic E-state index is 0.0307. The second kappa shape index (κ2) is 8.07. The van der Waals surface area contributed by atoms with E-state index in [1.165, 1.54) is 19.3 Å². The predicted molar refractivity (Wildman–Crippen MR) is 112 cm³/mol. The lowest BCUT2D eigenvalue weighted by molar-refractivity contribution is 0.0960. The first-order valence-corrected chi connectivity index (χ1v) is 11.7. The SMILES string of the molecule is O=C(NC1CCCCC1)N1CCc2c(sc3ncn(C[C@@H]4CCCO4)c(=O)c23)C1. The summed E-state index contributed by atoms with van der Waals surface area (Å²) in [7, 11) is 0. The number of carbonyl (C=O) groups excluding carboxylic acids is 1. The highest BCUT2D eigenvalue weighted by molar-refractivity contribution is 7.18. The van der Waals surface area contributed by atoms with Crippen molar-refractivity contribution in [2.45, 2.75) is 76.6 Å². The molecule has 8 heteroatoms. The molecule has 1 atom stereocenters. The molecule has 3 aliphatic rings. The molecule has 2 amide bonds. The number of rotatable bonds is 3. The average molecular weight is 417 g/mol. The number of ether oxygens (including phenoxy) is 1. The van der Waals surface area contributed by atoms with Crippen LogP contribution in [0.1, 0.15) is 55.4 Å². The average Bonchev–Trinajstić information content (AvgIpc) is 3.38. The first-order valence-electron chi connectivity index (χ1n) is 10.9. The smallest absolute Gasteiger partial charge is 0.317 e. The van der Waals surface area contributed by atoms with Gasteiger partial charge in [-0.1, -0.05) is 19.3 Å². The standard InChI is InChI=1S/C21H28N4O3S/c26-20-18-16-8-9-24(21(27)23-14-5-2-1-3-6-14)12-17(16)29-19(18)22-13-25(20)11-15-7-4-10-28-15/h13-15H,1-12H2,(H,23,27)/t15-/m0/s1. The molecule has 0 radical (unpaired) electrons. The highest BCUT2D eigenvalue weighted by atomic mass is 32.1. The number of fused-ring (bicyclic) bond motifs is 3. The molecule has 1 N–H and O–H groups in total. The molecule has 1 saturated carbocycles. The van der Waals surface area contributed by atoms with Crippen molar-refractivity contribution in [2.75, 3.05) is 13.2 Å². The van der Waals surface area contributed by atoms with E-state index in [9.17, 15) is 9.59 Å². The fourth-order valence-electron chi connectivity index (χ4n) is 4.84. The van der Waals surface area contributed by atoms with Crippen molar-refractivity contribution in [1.29, 1.82) is 0 Å². The summed E-state index contributed by atoms with van der Waals surface area (Å²) in [6.07, 6.45) is 10.4. The number of thiophene rings is 1. The van der Waals surface area contributed by atoms with Gasteiger partial charge >= 0.3 is 6.03 Å². The first-order chi connectivity index (χ1) is 14.2. The van der Waals surface area contributed by atoms with Crippen LogP contribution in [-0.4, -0.2) is 45.8 Å². The van der Waals surface area contributed by atoms with Gasteiger partial charge in [0.05, 0.1) is 30.9 Å². The van der Waals surface area contributed by atoms with E-state index in [0.29, 0.717) is 32.1 Å². The highest BCUT2D eigenvalue weighted by Gasteiger charge is 2.28. The van der Waals surface area contributed by atoms with E-state index >= 15 is 0 Å². The van der Waals surface area contributed by atoms with E-state index in [1.807, 2.05) is 4.90 Å². The third-order valence-corrected chi connectivity index (χ3v) is 7.60. The Morgan fingerprint density at radius 2 is 2.10 bits per heavy atom. The number of aromatic nitrogens is 2. The number of nitrogens with zero attached hydrogens (tertiary/aromatic N) is 3. The number of nitrogens with one attached hydrogen (secondary N) is 1. The summed E-state index contributed by atoms with van der Waals surface area (Å²) >= 11 is 1.56. The van der Waals surface area contributed by atoms with Crippen LogP contribution in [-0.2, 0) is 24.2 Å². The van der Waals surface area contributed by atoms with Crippen LogP contribution < -0.4 is 10.9 Å². The largest absolute Gasteiger partial charge is 0.376 e. The minimum absolute atomic E-state index is 0.0307. The van der Waals surface area contributed by atoms with Crippen molar-refractivity contribution < 1.29 is 9.53 Å². The Morgan fingerprint density at radius 1 is 1.24 bits per heavy atom. The normalized spacial score (nSPS) is 22.8. The molecule has 4 heterocycles. The maximum absolute atomic E-state index is 13.1. The Labute approximate surface area is 174 Å². The van der Waals surface area contributed by atoms with Crippen LogP contribution in [0.3, 0.4) is 0 Å². The number of amides is 2.